The standard InChI is InChI=1S/C16H21ClN4OS/c17-12-1-3-14(4-2-12)19-16(23)21-9-7-20(8-10-21)11-15(22)18-13-5-6-13/h1-4,13H,5-11H2,(H,18,22)(H,19,23). The molecule has 0 unspecified atom stereocenters. The van der Waals surface area contributed by atoms with Crippen molar-refractivity contribution in [3.05, 3.63) is 29.3 Å². The minimum atomic E-state index is 0.141. The van der Waals surface area contributed by atoms with E-state index in [1.807, 2.05) is 24.3 Å². The lowest BCUT2D eigenvalue weighted by Gasteiger charge is -2.35. The van der Waals surface area contributed by atoms with Crippen LogP contribution in [-0.2, 0) is 4.79 Å². The van der Waals surface area contributed by atoms with Crippen molar-refractivity contribution in [2.45, 2.75) is 18.9 Å². The maximum Gasteiger partial charge on any atom is 0.234 e. The molecule has 3 rings (SSSR count). The van der Waals surface area contributed by atoms with Crippen molar-refractivity contribution in [2.24, 2.45) is 0 Å². The average Bonchev–Trinajstić information content (AvgIpc) is 3.34. The number of thiocarbonyl (C=S) groups is 1. The van der Waals surface area contributed by atoms with E-state index in [1.165, 1.54) is 0 Å². The molecule has 1 amide bonds. The molecule has 124 valence electrons. The molecule has 1 aliphatic heterocycles. The maximum absolute atomic E-state index is 11.8. The lowest BCUT2D eigenvalue weighted by molar-refractivity contribution is -0.122. The Hall–Kier alpha value is -1.37. The third-order valence-corrected chi connectivity index (χ3v) is 4.68. The van der Waals surface area contributed by atoms with Crippen molar-refractivity contribution >= 4 is 40.5 Å². The van der Waals surface area contributed by atoms with Gasteiger partial charge in [-0.05, 0) is 49.3 Å². The van der Waals surface area contributed by atoms with Gasteiger partial charge in [-0.15, -0.1) is 0 Å². The quantitative estimate of drug-likeness (QED) is 0.811. The SMILES string of the molecule is O=C(CN1CCN(C(=S)Nc2ccc(Cl)cc2)CC1)NC1CC1. The molecule has 2 N–H and O–H groups in total. The maximum atomic E-state index is 11.8. The van der Waals surface area contributed by atoms with Crippen LogP contribution in [0.4, 0.5) is 5.69 Å². The minimum Gasteiger partial charge on any atom is -0.352 e. The number of carbonyl (C=O) groups is 1. The molecule has 1 aromatic rings. The zero-order chi connectivity index (χ0) is 16.2. The second-order valence-corrected chi connectivity index (χ2v) is 6.87. The van der Waals surface area contributed by atoms with E-state index in [0.29, 0.717) is 17.6 Å². The van der Waals surface area contributed by atoms with E-state index in [-0.39, 0.29) is 5.91 Å². The fourth-order valence-corrected chi connectivity index (χ4v) is 2.98. The summed E-state index contributed by atoms with van der Waals surface area (Å²) in [6, 6.07) is 7.92. The first-order chi connectivity index (χ1) is 11.1. The average molecular weight is 353 g/mol. The van der Waals surface area contributed by atoms with Crippen LogP contribution in [0.5, 0.6) is 0 Å². The van der Waals surface area contributed by atoms with E-state index >= 15 is 0 Å². The van der Waals surface area contributed by atoms with Gasteiger partial charge in [-0.2, -0.15) is 0 Å². The van der Waals surface area contributed by atoms with Crippen LogP contribution in [0.1, 0.15) is 12.8 Å². The van der Waals surface area contributed by atoms with Crippen molar-refractivity contribution < 1.29 is 4.79 Å². The molecule has 0 bridgehead atoms. The smallest absolute Gasteiger partial charge is 0.234 e. The van der Waals surface area contributed by atoms with Crippen LogP contribution in [0.25, 0.3) is 0 Å². The van der Waals surface area contributed by atoms with E-state index in [1.54, 1.807) is 0 Å². The fraction of sp³-hybridized carbons (Fsp3) is 0.500. The van der Waals surface area contributed by atoms with Gasteiger partial charge in [-0.3, -0.25) is 9.69 Å². The fourth-order valence-electron chi connectivity index (χ4n) is 2.55. The summed E-state index contributed by atoms with van der Waals surface area (Å²) in [6.45, 7) is 3.84. The van der Waals surface area contributed by atoms with Crippen LogP contribution in [0.2, 0.25) is 5.02 Å². The zero-order valence-corrected chi connectivity index (χ0v) is 14.5. The first-order valence-electron chi connectivity index (χ1n) is 7.93. The Balaban J connectivity index is 1.41. The van der Waals surface area contributed by atoms with Crippen molar-refractivity contribution in [1.82, 2.24) is 15.1 Å². The zero-order valence-electron chi connectivity index (χ0n) is 12.9. The van der Waals surface area contributed by atoms with Gasteiger partial charge in [0.2, 0.25) is 5.91 Å². The summed E-state index contributed by atoms with van der Waals surface area (Å²) < 4.78 is 0. The van der Waals surface area contributed by atoms with Gasteiger partial charge in [0.15, 0.2) is 5.11 Å². The van der Waals surface area contributed by atoms with E-state index in [2.05, 4.69) is 20.4 Å². The number of amides is 1. The van der Waals surface area contributed by atoms with E-state index in [9.17, 15) is 4.79 Å². The molecule has 2 aliphatic rings. The van der Waals surface area contributed by atoms with Crippen LogP contribution in [0.3, 0.4) is 0 Å². The monoisotopic (exact) mass is 352 g/mol. The third-order valence-electron chi connectivity index (χ3n) is 4.06. The summed E-state index contributed by atoms with van der Waals surface area (Å²) in [5.41, 5.74) is 0.936. The topological polar surface area (TPSA) is 47.6 Å². The second-order valence-electron chi connectivity index (χ2n) is 6.04. The third kappa shape index (κ3) is 5.06. The Bertz CT molecular complexity index is 568. The Labute approximate surface area is 147 Å². The number of hydrogen-bond donors (Lipinski definition) is 2. The largest absolute Gasteiger partial charge is 0.352 e. The number of halogens is 1. The number of nitrogens with one attached hydrogen (secondary N) is 2. The Morgan fingerprint density at radius 2 is 1.83 bits per heavy atom. The summed E-state index contributed by atoms with van der Waals surface area (Å²) in [5, 5.41) is 7.68. The molecule has 1 aromatic carbocycles. The summed E-state index contributed by atoms with van der Waals surface area (Å²) in [7, 11) is 0. The van der Waals surface area contributed by atoms with Crippen LogP contribution in [-0.4, -0.2) is 59.6 Å². The van der Waals surface area contributed by atoms with Crippen LogP contribution < -0.4 is 10.6 Å². The predicted molar refractivity (Wildman–Crippen MR) is 96.9 cm³/mol. The Morgan fingerprint density at radius 3 is 2.43 bits per heavy atom. The number of anilines is 1. The Morgan fingerprint density at radius 1 is 1.17 bits per heavy atom. The predicted octanol–water partition coefficient (Wildman–Crippen LogP) is 1.93. The van der Waals surface area contributed by atoms with E-state index in [0.717, 1.165) is 49.8 Å². The highest BCUT2D eigenvalue weighted by molar-refractivity contribution is 7.80. The molecule has 5 nitrogen and oxygen atoms in total. The van der Waals surface area contributed by atoms with Crippen molar-refractivity contribution in [2.75, 3.05) is 38.0 Å². The van der Waals surface area contributed by atoms with E-state index < -0.39 is 0 Å². The van der Waals surface area contributed by atoms with Gasteiger partial charge < -0.3 is 15.5 Å². The molecule has 0 spiro atoms. The number of piperazine rings is 1. The van der Waals surface area contributed by atoms with Gasteiger partial charge in [-0.25, -0.2) is 0 Å². The molecule has 2 fully saturated rings. The first-order valence-corrected chi connectivity index (χ1v) is 8.72. The number of benzene rings is 1. The number of hydrogen-bond acceptors (Lipinski definition) is 3. The highest BCUT2D eigenvalue weighted by Crippen LogP contribution is 2.18. The molecule has 7 heteroatoms. The molecule has 1 saturated carbocycles. The van der Waals surface area contributed by atoms with E-state index in [4.69, 9.17) is 23.8 Å². The second kappa shape index (κ2) is 7.47. The highest BCUT2D eigenvalue weighted by Gasteiger charge is 2.25. The summed E-state index contributed by atoms with van der Waals surface area (Å²) in [4.78, 5) is 16.1. The van der Waals surface area contributed by atoms with Gasteiger partial charge in [0.25, 0.3) is 0 Å². The lowest BCUT2D eigenvalue weighted by Crippen LogP contribution is -2.52. The first kappa shape index (κ1) is 16.5. The number of carbonyl (C=O) groups excluding carboxylic acids is 1. The normalized spacial score (nSPS) is 18.6. The van der Waals surface area contributed by atoms with Crippen LogP contribution in [0, 0.1) is 0 Å². The minimum absolute atomic E-state index is 0.141. The molecular formula is C16H21ClN4OS. The van der Waals surface area contributed by atoms with Crippen molar-refractivity contribution in [1.29, 1.82) is 0 Å². The van der Waals surface area contributed by atoms with Gasteiger partial charge in [0.05, 0.1) is 6.54 Å². The summed E-state index contributed by atoms with van der Waals surface area (Å²) in [6.07, 6.45) is 2.26. The molecule has 0 radical (unpaired) electrons. The highest BCUT2D eigenvalue weighted by atomic mass is 35.5. The van der Waals surface area contributed by atoms with Crippen LogP contribution >= 0.6 is 23.8 Å². The molecular weight excluding hydrogens is 332 g/mol. The van der Waals surface area contributed by atoms with Gasteiger partial charge in [-0.1, -0.05) is 11.6 Å². The van der Waals surface area contributed by atoms with Gasteiger partial charge >= 0.3 is 0 Å². The molecule has 0 atom stereocenters. The molecule has 1 aliphatic carbocycles. The number of rotatable bonds is 4. The summed E-state index contributed by atoms with van der Waals surface area (Å²) in [5.74, 6) is 0.141. The molecule has 1 saturated heterocycles. The Kier molecular flexibility index (Phi) is 5.35. The van der Waals surface area contributed by atoms with Crippen molar-refractivity contribution in [3.63, 3.8) is 0 Å². The molecule has 0 aromatic heterocycles. The van der Waals surface area contributed by atoms with Crippen LogP contribution in [0.15, 0.2) is 24.3 Å². The molecule has 1 heterocycles. The molecule has 23 heavy (non-hydrogen) atoms. The summed E-state index contributed by atoms with van der Waals surface area (Å²) >= 11 is 11.3. The van der Waals surface area contributed by atoms with Gasteiger partial charge in [0.1, 0.15) is 0 Å². The number of nitrogens with zero attached hydrogens (tertiary/aromatic N) is 2. The van der Waals surface area contributed by atoms with Gasteiger partial charge in [0, 0.05) is 42.9 Å². The van der Waals surface area contributed by atoms with Crippen molar-refractivity contribution in [3.8, 4) is 0 Å². The lowest BCUT2D eigenvalue weighted by atomic mass is 10.3.